The number of hydrogen-bond donors (Lipinski definition) is 2. The normalized spacial score (nSPS) is 11.9. The van der Waals surface area contributed by atoms with Crippen LogP contribution < -0.4 is 5.32 Å². The van der Waals surface area contributed by atoms with Crippen molar-refractivity contribution in [2.45, 2.75) is 12.5 Å². The van der Waals surface area contributed by atoms with Gasteiger partial charge < -0.3 is 10.4 Å². The molecule has 7 heteroatoms. The first kappa shape index (κ1) is 15.3. The molecule has 21 heavy (non-hydrogen) atoms. The molecule has 0 fully saturated rings. The van der Waals surface area contributed by atoms with Crippen LogP contribution in [-0.2, 0) is 4.79 Å². The van der Waals surface area contributed by atoms with Crippen LogP contribution in [0.4, 0.5) is 4.39 Å². The molecular formula is C14H9ClFNO3S. The maximum Gasteiger partial charge on any atom is 0.327 e. The molecule has 0 radical (unpaired) electrons. The third kappa shape index (κ3) is 3.15. The highest BCUT2D eigenvalue weighted by atomic mass is 35.5. The lowest BCUT2D eigenvalue weighted by Crippen LogP contribution is -2.40. The van der Waals surface area contributed by atoms with Gasteiger partial charge in [-0.1, -0.05) is 11.6 Å². The lowest BCUT2D eigenvalue weighted by molar-refractivity contribution is -0.139. The maximum atomic E-state index is 13.2. The summed E-state index contributed by atoms with van der Waals surface area (Å²) in [5.74, 6) is -0.142. The van der Waals surface area contributed by atoms with E-state index in [-0.39, 0.29) is 16.3 Å². The molecule has 2 N–H and O–H groups in total. The van der Waals surface area contributed by atoms with Crippen molar-refractivity contribution in [1.29, 1.82) is 0 Å². The molecule has 108 valence electrons. The summed E-state index contributed by atoms with van der Waals surface area (Å²) in [5.41, 5.74) is 0. The van der Waals surface area contributed by atoms with Crippen LogP contribution in [-0.4, -0.2) is 23.0 Å². The Labute approximate surface area is 128 Å². The molecule has 0 saturated heterocycles. The minimum Gasteiger partial charge on any atom is -0.480 e. The number of carbonyl (C=O) groups is 2. The number of thiophene rings is 1. The standard InChI is InChI=1S/C14H9ClFNO3S/c1-2-3-9(14(19)20)17-13(18)12-11(15)8-5-4-7(16)6-10(8)21-12/h1,4-6,9H,3H2,(H,17,18)(H,19,20). The summed E-state index contributed by atoms with van der Waals surface area (Å²) >= 11 is 7.07. The molecule has 0 aliphatic heterocycles. The largest absolute Gasteiger partial charge is 0.480 e. The Morgan fingerprint density at radius 3 is 2.86 bits per heavy atom. The molecule has 0 saturated carbocycles. The van der Waals surface area contributed by atoms with Gasteiger partial charge >= 0.3 is 5.97 Å². The summed E-state index contributed by atoms with van der Waals surface area (Å²) in [7, 11) is 0. The minimum absolute atomic E-state index is 0.125. The fraction of sp³-hybridized carbons (Fsp3) is 0.143. The summed E-state index contributed by atoms with van der Waals surface area (Å²) < 4.78 is 13.7. The lowest BCUT2D eigenvalue weighted by Gasteiger charge is -2.10. The van der Waals surface area contributed by atoms with Gasteiger partial charge in [-0.2, -0.15) is 0 Å². The van der Waals surface area contributed by atoms with Gasteiger partial charge in [0.15, 0.2) is 0 Å². The molecule has 0 spiro atoms. The Bertz CT molecular complexity index is 765. The van der Waals surface area contributed by atoms with E-state index >= 15 is 0 Å². The highest BCUT2D eigenvalue weighted by molar-refractivity contribution is 7.21. The van der Waals surface area contributed by atoms with Crippen molar-refractivity contribution >= 4 is 44.9 Å². The van der Waals surface area contributed by atoms with Gasteiger partial charge in [0, 0.05) is 16.5 Å². The van der Waals surface area contributed by atoms with Gasteiger partial charge in [-0.25, -0.2) is 9.18 Å². The summed E-state index contributed by atoms with van der Waals surface area (Å²) in [6.07, 6.45) is 4.92. The van der Waals surface area contributed by atoms with E-state index in [4.69, 9.17) is 23.1 Å². The van der Waals surface area contributed by atoms with E-state index in [2.05, 4.69) is 11.2 Å². The first-order valence-corrected chi connectivity index (χ1v) is 6.98. The topological polar surface area (TPSA) is 66.4 Å². The molecule has 0 aliphatic carbocycles. The number of hydrogen-bond acceptors (Lipinski definition) is 3. The number of benzene rings is 1. The minimum atomic E-state index is -1.23. The van der Waals surface area contributed by atoms with Crippen LogP contribution in [0.15, 0.2) is 18.2 Å². The van der Waals surface area contributed by atoms with E-state index in [1.807, 2.05) is 0 Å². The van der Waals surface area contributed by atoms with Gasteiger partial charge in [-0.3, -0.25) is 4.79 Å². The molecule has 0 aliphatic rings. The zero-order valence-electron chi connectivity index (χ0n) is 10.5. The molecule has 1 aromatic carbocycles. The van der Waals surface area contributed by atoms with Crippen molar-refractivity contribution in [3.63, 3.8) is 0 Å². The number of amides is 1. The predicted molar refractivity (Wildman–Crippen MR) is 79.1 cm³/mol. The summed E-state index contributed by atoms with van der Waals surface area (Å²) in [6, 6.07) is 2.77. The summed E-state index contributed by atoms with van der Waals surface area (Å²) in [5, 5.41) is 12.0. The molecule has 1 heterocycles. The first-order valence-electron chi connectivity index (χ1n) is 5.78. The van der Waals surface area contributed by atoms with Crippen LogP contribution in [0.1, 0.15) is 16.1 Å². The highest BCUT2D eigenvalue weighted by Gasteiger charge is 2.23. The third-order valence-electron chi connectivity index (χ3n) is 2.72. The van der Waals surface area contributed by atoms with Crippen molar-refractivity contribution in [1.82, 2.24) is 5.32 Å². The van der Waals surface area contributed by atoms with Gasteiger partial charge in [0.1, 0.15) is 16.7 Å². The van der Waals surface area contributed by atoms with E-state index in [0.29, 0.717) is 10.1 Å². The zero-order valence-corrected chi connectivity index (χ0v) is 12.1. The van der Waals surface area contributed by atoms with E-state index in [1.165, 1.54) is 18.2 Å². The van der Waals surface area contributed by atoms with Crippen molar-refractivity contribution in [2.75, 3.05) is 0 Å². The Hall–Kier alpha value is -2.10. The Balaban J connectivity index is 2.33. The third-order valence-corrected chi connectivity index (χ3v) is 4.38. The average molecular weight is 326 g/mol. The van der Waals surface area contributed by atoms with Crippen LogP contribution in [0.25, 0.3) is 10.1 Å². The van der Waals surface area contributed by atoms with Crippen molar-refractivity contribution in [3.05, 3.63) is 33.9 Å². The molecular weight excluding hydrogens is 317 g/mol. The molecule has 2 rings (SSSR count). The smallest absolute Gasteiger partial charge is 0.327 e. The molecule has 4 nitrogen and oxygen atoms in total. The number of nitrogens with one attached hydrogen (secondary N) is 1. The average Bonchev–Trinajstić information content (AvgIpc) is 2.74. The fourth-order valence-corrected chi connectivity index (χ4v) is 3.17. The first-order chi connectivity index (χ1) is 9.93. The van der Waals surface area contributed by atoms with Gasteiger partial charge in [-0.15, -0.1) is 23.7 Å². The second-order valence-corrected chi connectivity index (χ2v) is 5.59. The number of halogens is 2. The Kier molecular flexibility index (Phi) is 4.46. The molecule has 1 unspecified atom stereocenters. The highest BCUT2D eigenvalue weighted by Crippen LogP contribution is 2.35. The van der Waals surface area contributed by atoms with Gasteiger partial charge in [-0.05, 0) is 18.2 Å². The summed E-state index contributed by atoms with van der Waals surface area (Å²) in [4.78, 5) is 23.2. The monoisotopic (exact) mass is 325 g/mol. The van der Waals surface area contributed by atoms with Crippen LogP contribution >= 0.6 is 22.9 Å². The van der Waals surface area contributed by atoms with Crippen LogP contribution in [0, 0.1) is 18.2 Å². The number of fused-ring (bicyclic) bond motifs is 1. The maximum absolute atomic E-state index is 13.2. The van der Waals surface area contributed by atoms with Gasteiger partial charge in [0.25, 0.3) is 5.91 Å². The van der Waals surface area contributed by atoms with Gasteiger partial charge in [0.05, 0.1) is 5.02 Å². The lowest BCUT2D eigenvalue weighted by atomic mass is 10.2. The van der Waals surface area contributed by atoms with Crippen molar-refractivity contribution < 1.29 is 19.1 Å². The SMILES string of the molecule is C#CCC(NC(=O)c1sc2cc(F)ccc2c1Cl)C(=O)O. The summed E-state index contributed by atoms with van der Waals surface area (Å²) in [6.45, 7) is 0. The van der Waals surface area contributed by atoms with Crippen molar-refractivity contribution in [3.8, 4) is 12.3 Å². The number of aliphatic carboxylic acids is 1. The fourth-order valence-electron chi connectivity index (χ4n) is 1.73. The molecule has 0 bridgehead atoms. The number of terminal acetylenes is 1. The van der Waals surface area contributed by atoms with Crippen LogP contribution in [0.2, 0.25) is 5.02 Å². The van der Waals surface area contributed by atoms with E-state index in [1.54, 1.807) is 0 Å². The van der Waals surface area contributed by atoms with Crippen molar-refractivity contribution in [2.24, 2.45) is 0 Å². The zero-order chi connectivity index (χ0) is 15.6. The van der Waals surface area contributed by atoms with E-state index < -0.39 is 23.7 Å². The molecule has 2 aromatic rings. The quantitative estimate of drug-likeness (QED) is 0.849. The molecule has 1 amide bonds. The Morgan fingerprint density at radius 1 is 1.52 bits per heavy atom. The second-order valence-electron chi connectivity index (χ2n) is 4.16. The second kappa shape index (κ2) is 6.12. The van der Waals surface area contributed by atoms with Crippen LogP contribution in [0.3, 0.4) is 0 Å². The number of carboxylic acid groups (broad SMARTS) is 1. The molecule has 1 aromatic heterocycles. The van der Waals surface area contributed by atoms with Crippen LogP contribution in [0.5, 0.6) is 0 Å². The number of carbonyl (C=O) groups excluding carboxylic acids is 1. The predicted octanol–water partition coefficient (Wildman–Crippen LogP) is 2.90. The molecule has 1 atom stereocenters. The van der Waals surface area contributed by atoms with E-state index in [9.17, 15) is 14.0 Å². The Morgan fingerprint density at radius 2 is 2.24 bits per heavy atom. The van der Waals surface area contributed by atoms with Gasteiger partial charge in [0.2, 0.25) is 0 Å². The van der Waals surface area contributed by atoms with E-state index in [0.717, 1.165) is 11.3 Å². The number of carboxylic acids is 1. The number of rotatable bonds is 4.